The van der Waals surface area contributed by atoms with E-state index in [9.17, 15) is 9.59 Å². The number of nitrogens with zero attached hydrogens (tertiary/aromatic N) is 2. The van der Waals surface area contributed by atoms with Crippen molar-refractivity contribution in [1.82, 2.24) is 14.8 Å². The van der Waals surface area contributed by atoms with Crippen LogP contribution in [0.5, 0.6) is 11.5 Å². The Balaban J connectivity index is 1.28. The van der Waals surface area contributed by atoms with Crippen LogP contribution in [0.4, 0.5) is 0 Å². The Morgan fingerprint density at radius 2 is 1.68 bits per heavy atom. The van der Waals surface area contributed by atoms with Crippen LogP contribution in [0.2, 0.25) is 0 Å². The molecule has 1 N–H and O–H groups in total. The third kappa shape index (κ3) is 9.28. The van der Waals surface area contributed by atoms with E-state index < -0.39 is 0 Å². The minimum absolute atomic E-state index is 0.0103. The van der Waals surface area contributed by atoms with Crippen LogP contribution in [0.25, 0.3) is 11.8 Å². The number of carbonyl (C=O) groups excluding carboxylic acids is 1. The maximum Gasteiger partial charge on any atom is 0.223 e. The highest BCUT2D eigenvalue weighted by Gasteiger charge is 2.06. The zero-order chi connectivity index (χ0) is 26.5. The quantitative estimate of drug-likeness (QED) is 0.332. The van der Waals surface area contributed by atoms with Crippen LogP contribution >= 0.6 is 0 Å². The van der Waals surface area contributed by atoms with Gasteiger partial charge in [0.05, 0.1) is 14.2 Å². The lowest BCUT2D eigenvalue weighted by atomic mass is 10.1. The molecule has 0 saturated carbocycles. The summed E-state index contributed by atoms with van der Waals surface area (Å²) < 4.78 is 12.6. The molecule has 0 radical (unpaired) electrons. The lowest BCUT2D eigenvalue weighted by Gasteiger charge is -2.17. The molecule has 0 atom stereocenters. The molecule has 1 aromatic heterocycles. The zero-order valence-corrected chi connectivity index (χ0v) is 22.0. The lowest BCUT2D eigenvalue weighted by Crippen LogP contribution is -2.26. The first-order chi connectivity index (χ1) is 18.0. The molecular weight excluding hydrogens is 466 g/mol. The van der Waals surface area contributed by atoms with Crippen molar-refractivity contribution in [3.05, 3.63) is 94.4 Å². The summed E-state index contributed by atoms with van der Waals surface area (Å²) in [6, 6.07) is 17.1. The van der Waals surface area contributed by atoms with Gasteiger partial charge in [-0.25, -0.2) is 0 Å². The van der Waals surface area contributed by atoms with Crippen LogP contribution in [-0.2, 0) is 11.2 Å². The SMILES string of the molecule is COc1ccc(CCN(C)CCCCNC(=O)CC=Cc2ccc(-n3ccc(=O)cc3)cc2)cc1OC. The van der Waals surface area contributed by atoms with Crippen LogP contribution in [0.15, 0.2) is 77.9 Å². The molecule has 7 heteroatoms. The molecule has 0 unspecified atom stereocenters. The second kappa shape index (κ2) is 14.7. The Kier molecular flexibility index (Phi) is 11.0. The highest BCUT2D eigenvalue weighted by Crippen LogP contribution is 2.27. The summed E-state index contributed by atoms with van der Waals surface area (Å²) in [4.78, 5) is 25.7. The van der Waals surface area contributed by atoms with Gasteiger partial charge in [-0.3, -0.25) is 9.59 Å². The number of likely N-dealkylation sites (N-methyl/N-ethyl adjacent to an activating group) is 1. The van der Waals surface area contributed by atoms with Crippen molar-refractivity contribution in [2.24, 2.45) is 0 Å². The lowest BCUT2D eigenvalue weighted by molar-refractivity contribution is -0.120. The number of ether oxygens (including phenoxy) is 2. The Hall–Kier alpha value is -3.84. The van der Waals surface area contributed by atoms with E-state index in [0.717, 1.165) is 55.1 Å². The van der Waals surface area contributed by atoms with Crippen molar-refractivity contribution in [3.8, 4) is 17.2 Å². The summed E-state index contributed by atoms with van der Waals surface area (Å²) in [6.07, 6.45) is 10.6. The summed E-state index contributed by atoms with van der Waals surface area (Å²) in [5.41, 5.74) is 3.20. The number of methoxy groups -OCH3 is 2. The van der Waals surface area contributed by atoms with Gasteiger partial charge in [0.25, 0.3) is 0 Å². The number of hydrogen-bond donors (Lipinski definition) is 1. The number of hydrogen-bond acceptors (Lipinski definition) is 5. The number of unbranched alkanes of at least 4 members (excludes halogenated alkanes) is 1. The monoisotopic (exact) mass is 503 g/mol. The van der Waals surface area contributed by atoms with Gasteiger partial charge in [-0.2, -0.15) is 0 Å². The predicted octanol–water partition coefficient (Wildman–Crippen LogP) is 4.33. The van der Waals surface area contributed by atoms with Gasteiger partial charge < -0.3 is 24.3 Å². The van der Waals surface area contributed by atoms with Crippen LogP contribution < -0.4 is 20.2 Å². The minimum atomic E-state index is -0.0103. The first kappa shape index (κ1) is 27.7. The van der Waals surface area contributed by atoms with Gasteiger partial charge in [0.15, 0.2) is 16.9 Å². The van der Waals surface area contributed by atoms with Gasteiger partial charge in [0.2, 0.25) is 5.91 Å². The van der Waals surface area contributed by atoms with Crippen molar-refractivity contribution in [3.63, 3.8) is 0 Å². The highest BCUT2D eigenvalue weighted by molar-refractivity contribution is 5.78. The Morgan fingerprint density at radius 1 is 0.946 bits per heavy atom. The molecule has 0 fully saturated rings. The van der Waals surface area contributed by atoms with E-state index in [1.807, 2.05) is 53.1 Å². The first-order valence-electron chi connectivity index (χ1n) is 12.6. The van der Waals surface area contributed by atoms with Crippen molar-refractivity contribution in [2.45, 2.75) is 25.7 Å². The fraction of sp³-hybridized carbons (Fsp3) is 0.333. The Morgan fingerprint density at radius 3 is 2.38 bits per heavy atom. The smallest absolute Gasteiger partial charge is 0.223 e. The van der Waals surface area contributed by atoms with E-state index in [2.05, 4.69) is 23.3 Å². The second-order valence-electron chi connectivity index (χ2n) is 8.94. The maximum atomic E-state index is 12.1. The molecule has 7 nitrogen and oxygen atoms in total. The number of amides is 1. The van der Waals surface area contributed by atoms with Gasteiger partial charge in [-0.1, -0.05) is 30.4 Å². The van der Waals surface area contributed by atoms with Crippen LogP contribution in [0.1, 0.15) is 30.4 Å². The molecule has 1 amide bonds. The van der Waals surface area contributed by atoms with Crippen LogP contribution in [0.3, 0.4) is 0 Å². The first-order valence-corrected chi connectivity index (χ1v) is 12.6. The zero-order valence-electron chi connectivity index (χ0n) is 22.0. The summed E-state index contributed by atoms with van der Waals surface area (Å²) in [7, 11) is 5.42. The molecule has 0 spiro atoms. The van der Waals surface area contributed by atoms with Crippen LogP contribution in [0, 0.1) is 0 Å². The number of benzene rings is 2. The number of carbonyl (C=O) groups is 1. The molecule has 3 aromatic rings. The maximum absolute atomic E-state index is 12.1. The molecular formula is C30H37N3O4. The molecule has 0 saturated heterocycles. The molecule has 37 heavy (non-hydrogen) atoms. The fourth-order valence-electron chi connectivity index (χ4n) is 3.92. The van der Waals surface area contributed by atoms with E-state index >= 15 is 0 Å². The molecule has 0 aliphatic heterocycles. The Bertz CT molecular complexity index is 1200. The summed E-state index contributed by atoms with van der Waals surface area (Å²) in [5, 5.41) is 3.00. The van der Waals surface area contributed by atoms with Crippen molar-refractivity contribution in [2.75, 3.05) is 40.9 Å². The number of pyridine rings is 1. The summed E-state index contributed by atoms with van der Waals surface area (Å²) >= 11 is 0. The summed E-state index contributed by atoms with van der Waals surface area (Å²) in [6.45, 7) is 2.63. The van der Waals surface area contributed by atoms with E-state index in [4.69, 9.17) is 9.47 Å². The second-order valence-corrected chi connectivity index (χ2v) is 8.94. The Labute approximate surface area is 219 Å². The fourth-order valence-corrected chi connectivity index (χ4v) is 3.92. The van der Waals surface area contributed by atoms with Crippen molar-refractivity contribution < 1.29 is 14.3 Å². The third-order valence-corrected chi connectivity index (χ3v) is 6.12. The average molecular weight is 504 g/mol. The predicted molar refractivity (Wildman–Crippen MR) is 149 cm³/mol. The standard InChI is InChI=1S/C30H37N3O4/c1-32(20-15-25-11-14-28(36-2)29(23-25)37-3)19-5-4-18-31-30(35)8-6-7-24-9-12-26(13-10-24)33-21-16-27(34)17-22-33/h6-7,9-14,16-17,21-23H,4-5,8,15,18-20H2,1-3H3,(H,31,35). The minimum Gasteiger partial charge on any atom is -0.493 e. The topological polar surface area (TPSA) is 72.8 Å². The van der Waals surface area contributed by atoms with E-state index in [-0.39, 0.29) is 11.3 Å². The average Bonchev–Trinajstić information content (AvgIpc) is 2.92. The van der Waals surface area contributed by atoms with Gasteiger partial charge >= 0.3 is 0 Å². The van der Waals surface area contributed by atoms with E-state index in [0.29, 0.717) is 13.0 Å². The van der Waals surface area contributed by atoms with Gasteiger partial charge in [0.1, 0.15) is 0 Å². The number of aromatic nitrogens is 1. The van der Waals surface area contributed by atoms with Gasteiger partial charge in [-0.15, -0.1) is 0 Å². The molecule has 1 heterocycles. The number of nitrogens with one attached hydrogen (secondary N) is 1. The normalized spacial score (nSPS) is 11.1. The molecule has 2 aromatic carbocycles. The highest BCUT2D eigenvalue weighted by atomic mass is 16.5. The van der Waals surface area contributed by atoms with Crippen molar-refractivity contribution >= 4 is 12.0 Å². The van der Waals surface area contributed by atoms with E-state index in [1.54, 1.807) is 26.6 Å². The number of rotatable bonds is 14. The molecule has 0 aliphatic carbocycles. The largest absolute Gasteiger partial charge is 0.493 e. The molecule has 196 valence electrons. The van der Waals surface area contributed by atoms with Crippen molar-refractivity contribution in [1.29, 1.82) is 0 Å². The van der Waals surface area contributed by atoms with Crippen LogP contribution in [-0.4, -0.2) is 56.3 Å². The molecule has 0 aliphatic rings. The summed E-state index contributed by atoms with van der Waals surface area (Å²) in [5.74, 6) is 1.53. The molecule has 0 bridgehead atoms. The third-order valence-electron chi connectivity index (χ3n) is 6.12. The molecule has 3 rings (SSSR count). The van der Waals surface area contributed by atoms with E-state index in [1.165, 1.54) is 17.7 Å². The van der Waals surface area contributed by atoms with Gasteiger partial charge in [0, 0.05) is 49.7 Å². The van der Waals surface area contributed by atoms with Gasteiger partial charge in [-0.05, 0) is 68.2 Å².